The van der Waals surface area contributed by atoms with Crippen LogP contribution >= 0.6 is 27.7 Å². The van der Waals surface area contributed by atoms with E-state index in [1.165, 1.54) is 16.7 Å². The molecule has 0 aliphatic rings. The summed E-state index contributed by atoms with van der Waals surface area (Å²) in [6.45, 7) is -0.00303. The van der Waals surface area contributed by atoms with E-state index in [9.17, 15) is 9.59 Å². The van der Waals surface area contributed by atoms with E-state index < -0.39 is 0 Å². The Labute approximate surface area is 159 Å². The molecule has 0 aliphatic carbocycles. The first-order chi connectivity index (χ1) is 12.0. The summed E-state index contributed by atoms with van der Waals surface area (Å²) in [6, 6.07) is 14.8. The van der Waals surface area contributed by atoms with Crippen molar-refractivity contribution in [1.29, 1.82) is 0 Å². The SMILES string of the molecule is COc1cccc(NC(=O)CN(C)C(=O)CSc2ccc(Br)cc2)c1. The lowest BCUT2D eigenvalue weighted by Crippen LogP contribution is -2.35. The molecular weight excluding hydrogens is 404 g/mol. The van der Waals surface area contributed by atoms with Crippen molar-refractivity contribution in [3.8, 4) is 5.75 Å². The maximum atomic E-state index is 12.2. The van der Waals surface area contributed by atoms with Crippen molar-refractivity contribution in [2.45, 2.75) is 4.90 Å². The highest BCUT2D eigenvalue weighted by molar-refractivity contribution is 9.10. The summed E-state index contributed by atoms with van der Waals surface area (Å²) in [6.07, 6.45) is 0. The molecule has 0 saturated heterocycles. The fourth-order valence-electron chi connectivity index (χ4n) is 1.99. The molecule has 0 aliphatic heterocycles. The molecule has 2 aromatic carbocycles. The Morgan fingerprint density at radius 1 is 1.20 bits per heavy atom. The number of nitrogens with zero attached hydrogens (tertiary/aromatic N) is 1. The standard InChI is InChI=1S/C18H19BrN2O3S/c1-21(18(23)12-25-16-8-6-13(19)7-9-16)11-17(22)20-14-4-3-5-15(10-14)24-2/h3-10H,11-12H2,1-2H3,(H,20,22). The van der Waals surface area contributed by atoms with Crippen LogP contribution in [0.2, 0.25) is 0 Å². The van der Waals surface area contributed by atoms with E-state index in [1.54, 1.807) is 38.4 Å². The van der Waals surface area contributed by atoms with Crippen molar-refractivity contribution >= 4 is 45.2 Å². The van der Waals surface area contributed by atoms with Crippen LogP contribution in [0, 0.1) is 0 Å². The molecule has 1 N–H and O–H groups in total. The third kappa shape index (κ3) is 6.43. The number of nitrogens with one attached hydrogen (secondary N) is 1. The van der Waals surface area contributed by atoms with Crippen LogP contribution in [-0.4, -0.2) is 43.2 Å². The second-order valence-corrected chi connectivity index (χ2v) is 7.24. The number of rotatable bonds is 7. The van der Waals surface area contributed by atoms with Gasteiger partial charge >= 0.3 is 0 Å². The lowest BCUT2D eigenvalue weighted by Gasteiger charge is -2.17. The Morgan fingerprint density at radius 3 is 2.60 bits per heavy atom. The van der Waals surface area contributed by atoms with Crippen LogP contribution in [0.5, 0.6) is 5.75 Å². The number of carbonyl (C=O) groups is 2. The monoisotopic (exact) mass is 422 g/mol. The Hall–Kier alpha value is -1.99. The highest BCUT2D eigenvalue weighted by Gasteiger charge is 2.13. The molecule has 0 bridgehead atoms. The third-order valence-corrected chi connectivity index (χ3v) is 4.86. The summed E-state index contributed by atoms with van der Waals surface area (Å²) in [4.78, 5) is 26.7. The average molecular weight is 423 g/mol. The number of thioether (sulfide) groups is 1. The number of benzene rings is 2. The quantitative estimate of drug-likeness (QED) is 0.691. The van der Waals surface area contributed by atoms with Gasteiger partial charge in [0, 0.05) is 28.2 Å². The van der Waals surface area contributed by atoms with Gasteiger partial charge in [-0.2, -0.15) is 0 Å². The maximum Gasteiger partial charge on any atom is 0.243 e. The predicted molar refractivity (Wildman–Crippen MR) is 104 cm³/mol. The first-order valence-electron chi connectivity index (χ1n) is 7.54. The van der Waals surface area contributed by atoms with E-state index in [2.05, 4.69) is 21.2 Å². The topological polar surface area (TPSA) is 58.6 Å². The molecule has 0 unspecified atom stereocenters. The van der Waals surface area contributed by atoms with Gasteiger partial charge in [0.25, 0.3) is 0 Å². The summed E-state index contributed by atoms with van der Waals surface area (Å²) < 4.78 is 6.11. The molecule has 2 rings (SSSR count). The number of amides is 2. The van der Waals surface area contributed by atoms with Crippen molar-refractivity contribution in [2.24, 2.45) is 0 Å². The zero-order valence-electron chi connectivity index (χ0n) is 14.0. The van der Waals surface area contributed by atoms with Gasteiger partial charge in [0.15, 0.2) is 0 Å². The van der Waals surface area contributed by atoms with E-state index in [1.807, 2.05) is 24.3 Å². The van der Waals surface area contributed by atoms with Crippen LogP contribution in [-0.2, 0) is 9.59 Å². The minimum atomic E-state index is -0.252. The lowest BCUT2D eigenvalue weighted by atomic mass is 10.3. The predicted octanol–water partition coefficient (Wildman–Crippen LogP) is 3.65. The lowest BCUT2D eigenvalue weighted by molar-refractivity contribution is -0.131. The zero-order valence-corrected chi connectivity index (χ0v) is 16.4. The number of hydrogen-bond donors (Lipinski definition) is 1. The van der Waals surface area contributed by atoms with Crippen molar-refractivity contribution in [1.82, 2.24) is 4.90 Å². The van der Waals surface area contributed by atoms with Crippen LogP contribution in [0.4, 0.5) is 5.69 Å². The van der Waals surface area contributed by atoms with Gasteiger partial charge in [0.1, 0.15) is 5.75 Å². The van der Waals surface area contributed by atoms with E-state index in [4.69, 9.17) is 4.74 Å². The zero-order chi connectivity index (χ0) is 18.2. The normalized spacial score (nSPS) is 10.2. The number of methoxy groups -OCH3 is 1. The Kier molecular flexibility index (Phi) is 7.33. The molecule has 132 valence electrons. The fraction of sp³-hybridized carbons (Fsp3) is 0.222. The molecule has 5 nitrogen and oxygen atoms in total. The number of carbonyl (C=O) groups excluding carboxylic acids is 2. The smallest absolute Gasteiger partial charge is 0.243 e. The van der Waals surface area contributed by atoms with Crippen LogP contribution < -0.4 is 10.1 Å². The van der Waals surface area contributed by atoms with Gasteiger partial charge in [-0.3, -0.25) is 9.59 Å². The van der Waals surface area contributed by atoms with Crippen LogP contribution in [0.15, 0.2) is 57.9 Å². The van der Waals surface area contributed by atoms with Crippen molar-refractivity contribution in [2.75, 3.05) is 31.8 Å². The molecular formula is C18H19BrN2O3S. The Bertz CT molecular complexity index is 737. The average Bonchev–Trinajstić information content (AvgIpc) is 2.61. The van der Waals surface area contributed by atoms with Gasteiger partial charge in [0.2, 0.25) is 11.8 Å². The second kappa shape index (κ2) is 9.48. The number of ether oxygens (including phenoxy) is 1. The van der Waals surface area contributed by atoms with Crippen LogP contribution in [0.3, 0.4) is 0 Å². The molecule has 0 atom stereocenters. The molecule has 0 fully saturated rings. The molecule has 7 heteroatoms. The van der Waals surface area contributed by atoms with Gasteiger partial charge in [0.05, 0.1) is 19.4 Å². The Balaban J connectivity index is 1.81. The highest BCUT2D eigenvalue weighted by Crippen LogP contribution is 2.21. The number of anilines is 1. The molecule has 0 aromatic heterocycles. The molecule has 2 amide bonds. The van der Waals surface area contributed by atoms with E-state index >= 15 is 0 Å². The summed E-state index contributed by atoms with van der Waals surface area (Å²) in [7, 11) is 3.19. The van der Waals surface area contributed by atoms with E-state index in [-0.39, 0.29) is 24.1 Å². The van der Waals surface area contributed by atoms with Crippen molar-refractivity contribution in [3.05, 3.63) is 53.0 Å². The maximum absolute atomic E-state index is 12.2. The third-order valence-electron chi connectivity index (χ3n) is 3.34. The highest BCUT2D eigenvalue weighted by atomic mass is 79.9. The molecule has 0 saturated carbocycles. The number of likely N-dealkylation sites (N-methyl/N-ethyl adjacent to an activating group) is 1. The number of halogens is 1. The second-order valence-electron chi connectivity index (χ2n) is 5.27. The van der Waals surface area contributed by atoms with Gasteiger partial charge in [-0.25, -0.2) is 0 Å². The molecule has 0 heterocycles. The van der Waals surface area contributed by atoms with Gasteiger partial charge in [-0.05, 0) is 36.4 Å². The van der Waals surface area contributed by atoms with Crippen molar-refractivity contribution < 1.29 is 14.3 Å². The fourth-order valence-corrected chi connectivity index (χ4v) is 3.09. The van der Waals surface area contributed by atoms with Crippen LogP contribution in [0.25, 0.3) is 0 Å². The van der Waals surface area contributed by atoms with Gasteiger partial charge in [-0.15, -0.1) is 11.8 Å². The Morgan fingerprint density at radius 2 is 1.92 bits per heavy atom. The minimum Gasteiger partial charge on any atom is -0.497 e. The van der Waals surface area contributed by atoms with Gasteiger partial charge in [-0.1, -0.05) is 22.0 Å². The largest absolute Gasteiger partial charge is 0.497 e. The first kappa shape index (κ1) is 19.3. The summed E-state index contributed by atoms with van der Waals surface area (Å²) >= 11 is 4.82. The van der Waals surface area contributed by atoms with E-state index in [0.29, 0.717) is 11.4 Å². The molecule has 0 spiro atoms. The molecule has 0 radical (unpaired) electrons. The first-order valence-corrected chi connectivity index (χ1v) is 9.32. The summed E-state index contributed by atoms with van der Waals surface area (Å²) in [5.41, 5.74) is 0.634. The van der Waals surface area contributed by atoms with E-state index in [0.717, 1.165) is 9.37 Å². The molecule has 25 heavy (non-hydrogen) atoms. The summed E-state index contributed by atoms with van der Waals surface area (Å²) in [5, 5.41) is 2.76. The molecule has 2 aromatic rings. The summed E-state index contributed by atoms with van der Waals surface area (Å²) in [5.74, 6) is 0.587. The van der Waals surface area contributed by atoms with Crippen molar-refractivity contribution in [3.63, 3.8) is 0 Å². The van der Waals surface area contributed by atoms with Crippen LogP contribution in [0.1, 0.15) is 0 Å². The minimum absolute atomic E-state index is 0.00303. The number of hydrogen-bond acceptors (Lipinski definition) is 4. The van der Waals surface area contributed by atoms with Gasteiger partial charge < -0.3 is 15.0 Å².